The standard InChI is InChI=1S/C19H19NO5/c1-12-6-16-14(10-24-17(16)7-13(12)2)8-19(22)25-11-18(21)20-9-15-4-3-5-23-15/h3-7,10H,8-9,11H2,1-2H3,(H,20,21). The van der Waals surface area contributed by atoms with Crippen molar-refractivity contribution in [2.24, 2.45) is 0 Å². The second-order valence-corrected chi connectivity index (χ2v) is 5.89. The monoisotopic (exact) mass is 341 g/mol. The first-order chi connectivity index (χ1) is 12.0. The van der Waals surface area contributed by atoms with Gasteiger partial charge in [-0.05, 0) is 49.2 Å². The number of ether oxygens (including phenoxy) is 1. The highest BCUT2D eigenvalue weighted by Crippen LogP contribution is 2.25. The van der Waals surface area contributed by atoms with Crippen LogP contribution in [0.15, 0.2) is 45.6 Å². The summed E-state index contributed by atoms with van der Waals surface area (Å²) in [5, 5.41) is 3.51. The zero-order valence-corrected chi connectivity index (χ0v) is 14.1. The molecule has 6 heteroatoms. The smallest absolute Gasteiger partial charge is 0.310 e. The molecule has 1 N–H and O–H groups in total. The molecular formula is C19H19NO5. The molecule has 6 nitrogen and oxygen atoms in total. The summed E-state index contributed by atoms with van der Waals surface area (Å²) in [6.45, 7) is 3.95. The normalized spacial score (nSPS) is 10.8. The molecule has 0 unspecified atom stereocenters. The Kier molecular flexibility index (Phi) is 4.88. The van der Waals surface area contributed by atoms with E-state index in [-0.39, 0.29) is 25.5 Å². The molecule has 0 fully saturated rings. The molecule has 0 saturated carbocycles. The van der Waals surface area contributed by atoms with Crippen LogP contribution in [0.3, 0.4) is 0 Å². The van der Waals surface area contributed by atoms with Gasteiger partial charge in [0, 0.05) is 10.9 Å². The Balaban J connectivity index is 1.52. The van der Waals surface area contributed by atoms with Crippen molar-refractivity contribution in [2.45, 2.75) is 26.8 Å². The fraction of sp³-hybridized carbons (Fsp3) is 0.263. The maximum absolute atomic E-state index is 12.0. The maximum Gasteiger partial charge on any atom is 0.310 e. The van der Waals surface area contributed by atoms with Gasteiger partial charge in [-0.1, -0.05) is 0 Å². The molecule has 1 amide bonds. The minimum absolute atomic E-state index is 0.0565. The van der Waals surface area contributed by atoms with Gasteiger partial charge in [0.15, 0.2) is 6.61 Å². The molecule has 0 bridgehead atoms. The highest BCUT2D eigenvalue weighted by atomic mass is 16.5. The lowest BCUT2D eigenvalue weighted by Gasteiger charge is -2.05. The van der Waals surface area contributed by atoms with Crippen molar-refractivity contribution in [3.63, 3.8) is 0 Å². The summed E-state index contributed by atoms with van der Waals surface area (Å²) >= 11 is 0. The fourth-order valence-corrected chi connectivity index (χ4v) is 2.48. The molecule has 0 radical (unpaired) electrons. The van der Waals surface area contributed by atoms with E-state index < -0.39 is 5.97 Å². The SMILES string of the molecule is Cc1cc2occ(CC(=O)OCC(=O)NCc3ccco3)c2cc1C. The van der Waals surface area contributed by atoms with Crippen LogP contribution >= 0.6 is 0 Å². The van der Waals surface area contributed by atoms with Gasteiger partial charge in [0.05, 0.1) is 25.5 Å². The summed E-state index contributed by atoms with van der Waals surface area (Å²) in [5.74, 6) is -0.224. The third-order valence-corrected chi connectivity index (χ3v) is 4.01. The minimum Gasteiger partial charge on any atom is -0.467 e. The third kappa shape index (κ3) is 4.09. The van der Waals surface area contributed by atoms with Crippen molar-refractivity contribution in [3.05, 3.63) is 59.2 Å². The van der Waals surface area contributed by atoms with E-state index in [4.69, 9.17) is 13.6 Å². The van der Waals surface area contributed by atoms with E-state index >= 15 is 0 Å². The van der Waals surface area contributed by atoms with Crippen LogP contribution in [-0.4, -0.2) is 18.5 Å². The van der Waals surface area contributed by atoms with Gasteiger partial charge in [-0.25, -0.2) is 0 Å². The van der Waals surface area contributed by atoms with Crippen LogP contribution in [0.4, 0.5) is 0 Å². The minimum atomic E-state index is -0.478. The molecule has 0 aliphatic heterocycles. The summed E-state index contributed by atoms with van der Waals surface area (Å²) in [5.41, 5.74) is 3.74. The van der Waals surface area contributed by atoms with Crippen molar-refractivity contribution >= 4 is 22.8 Å². The molecule has 0 spiro atoms. The Morgan fingerprint density at radius 2 is 1.96 bits per heavy atom. The van der Waals surface area contributed by atoms with Crippen molar-refractivity contribution in [3.8, 4) is 0 Å². The number of fused-ring (bicyclic) bond motifs is 1. The van der Waals surface area contributed by atoms with Crippen molar-refractivity contribution < 1.29 is 23.2 Å². The van der Waals surface area contributed by atoms with Gasteiger partial charge in [0.1, 0.15) is 11.3 Å². The Labute approximate surface area is 144 Å². The van der Waals surface area contributed by atoms with Crippen LogP contribution in [0.25, 0.3) is 11.0 Å². The van der Waals surface area contributed by atoms with Gasteiger partial charge in [-0.2, -0.15) is 0 Å². The lowest BCUT2D eigenvalue weighted by atomic mass is 10.0. The van der Waals surface area contributed by atoms with E-state index in [1.165, 1.54) is 6.26 Å². The van der Waals surface area contributed by atoms with E-state index in [9.17, 15) is 9.59 Å². The predicted molar refractivity (Wildman–Crippen MR) is 90.9 cm³/mol. The molecule has 2 aromatic heterocycles. The average molecular weight is 341 g/mol. The molecule has 3 aromatic rings. The van der Waals surface area contributed by atoms with Crippen LogP contribution in [0, 0.1) is 13.8 Å². The second kappa shape index (κ2) is 7.25. The van der Waals surface area contributed by atoms with Gasteiger partial charge in [-0.3, -0.25) is 9.59 Å². The maximum atomic E-state index is 12.0. The number of hydrogen-bond acceptors (Lipinski definition) is 5. The number of furan rings is 2. The zero-order chi connectivity index (χ0) is 17.8. The number of hydrogen-bond donors (Lipinski definition) is 1. The van der Waals surface area contributed by atoms with Gasteiger partial charge in [0.2, 0.25) is 0 Å². The topological polar surface area (TPSA) is 81.7 Å². The number of nitrogens with one attached hydrogen (secondary N) is 1. The highest BCUT2D eigenvalue weighted by molar-refractivity contribution is 5.87. The van der Waals surface area contributed by atoms with Crippen molar-refractivity contribution in [1.29, 1.82) is 0 Å². The summed E-state index contributed by atoms with van der Waals surface area (Å²) in [7, 11) is 0. The fourth-order valence-electron chi connectivity index (χ4n) is 2.48. The molecule has 3 rings (SSSR count). The van der Waals surface area contributed by atoms with Crippen LogP contribution in [-0.2, 0) is 27.3 Å². The number of carbonyl (C=O) groups excluding carboxylic acids is 2. The molecule has 0 saturated heterocycles. The van der Waals surface area contributed by atoms with Gasteiger partial charge >= 0.3 is 5.97 Å². The molecule has 0 aliphatic carbocycles. The molecule has 0 aliphatic rings. The quantitative estimate of drug-likeness (QED) is 0.697. The number of amides is 1. The number of benzene rings is 1. The Hall–Kier alpha value is -3.02. The highest BCUT2D eigenvalue weighted by Gasteiger charge is 2.14. The van der Waals surface area contributed by atoms with Gasteiger partial charge < -0.3 is 18.9 Å². The predicted octanol–water partition coefficient (Wildman–Crippen LogP) is 3.04. The van der Waals surface area contributed by atoms with Gasteiger partial charge in [-0.15, -0.1) is 0 Å². The molecular weight excluding hydrogens is 322 g/mol. The first kappa shape index (κ1) is 16.8. The molecule has 25 heavy (non-hydrogen) atoms. The first-order valence-corrected chi connectivity index (χ1v) is 7.95. The van der Waals surface area contributed by atoms with Crippen LogP contribution in [0.5, 0.6) is 0 Å². The Bertz CT molecular complexity index is 892. The van der Waals surface area contributed by atoms with E-state index in [1.54, 1.807) is 18.4 Å². The Morgan fingerprint density at radius 3 is 2.72 bits per heavy atom. The molecule has 0 atom stereocenters. The first-order valence-electron chi connectivity index (χ1n) is 7.95. The second-order valence-electron chi connectivity index (χ2n) is 5.89. The average Bonchev–Trinajstić information content (AvgIpc) is 3.23. The number of rotatable bonds is 6. The van der Waals surface area contributed by atoms with Gasteiger partial charge in [0.25, 0.3) is 5.91 Å². The zero-order valence-electron chi connectivity index (χ0n) is 14.1. The largest absolute Gasteiger partial charge is 0.467 e. The number of carbonyl (C=O) groups is 2. The van der Waals surface area contributed by atoms with Crippen LogP contribution in [0.2, 0.25) is 0 Å². The summed E-state index contributed by atoms with van der Waals surface area (Å²) < 4.78 is 15.6. The van der Waals surface area contributed by atoms with Crippen molar-refractivity contribution in [2.75, 3.05) is 6.61 Å². The summed E-state index contributed by atoms with van der Waals surface area (Å²) in [6, 6.07) is 7.42. The lowest BCUT2D eigenvalue weighted by molar-refractivity contribution is -0.147. The number of aryl methyl sites for hydroxylation is 2. The van der Waals surface area contributed by atoms with E-state index in [0.717, 1.165) is 27.7 Å². The van der Waals surface area contributed by atoms with E-state index in [0.29, 0.717) is 5.76 Å². The Morgan fingerprint density at radius 1 is 1.16 bits per heavy atom. The van der Waals surface area contributed by atoms with E-state index in [2.05, 4.69) is 5.32 Å². The van der Waals surface area contributed by atoms with Crippen molar-refractivity contribution in [1.82, 2.24) is 5.32 Å². The summed E-state index contributed by atoms with van der Waals surface area (Å²) in [4.78, 5) is 23.7. The lowest BCUT2D eigenvalue weighted by Crippen LogP contribution is -2.28. The summed E-state index contributed by atoms with van der Waals surface area (Å²) in [6.07, 6.45) is 3.14. The third-order valence-electron chi connectivity index (χ3n) is 4.01. The molecule has 130 valence electrons. The van der Waals surface area contributed by atoms with Crippen LogP contribution in [0.1, 0.15) is 22.5 Å². The number of esters is 1. The molecule has 1 aromatic carbocycles. The van der Waals surface area contributed by atoms with Crippen LogP contribution < -0.4 is 5.32 Å². The van der Waals surface area contributed by atoms with E-state index in [1.807, 2.05) is 26.0 Å². The molecule has 2 heterocycles.